The number of nitrogens with zero attached hydrogens (tertiary/aromatic N) is 2. The molecule has 1 atom stereocenters. The van der Waals surface area contributed by atoms with Crippen LogP contribution in [-0.2, 0) is 13.1 Å². The lowest BCUT2D eigenvalue weighted by Crippen LogP contribution is -2.41. The van der Waals surface area contributed by atoms with Gasteiger partial charge in [-0.1, -0.05) is 54.1 Å². The molecule has 1 aliphatic rings. The van der Waals surface area contributed by atoms with Gasteiger partial charge in [0.2, 0.25) is 0 Å². The molecule has 1 N–H and O–H groups in total. The lowest BCUT2D eigenvalue weighted by atomic mass is 10.0. The number of fused-ring (bicyclic) bond motifs is 3. The monoisotopic (exact) mass is 457 g/mol. The Morgan fingerprint density at radius 3 is 2.67 bits per heavy atom. The molecule has 2 heterocycles. The largest absolute Gasteiger partial charge is 0.497 e. The van der Waals surface area contributed by atoms with Crippen LogP contribution < -0.4 is 10.1 Å². The minimum absolute atomic E-state index is 0.137. The van der Waals surface area contributed by atoms with Gasteiger partial charge in [0.1, 0.15) is 5.75 Å². The molecule has 0 saturated heterocycles. The van der Waals surface area contributed by atoms with Crippen LogP contribution >= 0.6 is 11.6 Å². The average molecular weight is 458 g/mol. The molecule has 5 rings (SSSR count). The van der Waals surface area contributed by atoms with Crippen molar-refractivity contribution < 1.29 is 9.53 Å². The van der Waals surface area contributed by atoms with Gasteiger partial charge in [-0.25, -0.2) is 4.79 Å². The van der Waals surface area contributed by atoms with Crippen molar-refractivity contribution in [1.82, 2.24) is 14.8 Å². The quantitative estimate of drug-likeness (QED) is 0.411. The number of urea groups is 1. The zero-order valence-electron chi connectivity index (χ0n) is 18.2. The van der Waals surface area contributed by atoms with E-state index in [1.165, 1.54) is 0 Å². The molecule has 0 saturated carbocycles. The molecule has 5 nitrogen and oxygen atoms in total. The summed E-state index contributed by atoms with van der Waals surface area (Å²) in [5.41, 5.74) is 5.18. The molecule has 0 radical (unpaired) electrons. The molecule has 1 aromatic heterocycles. The van der Waals surface area contributed by atoms with Crippen molar-refractivity contribution >= 4 is 17.6 Å². The highest BCUT2D eigenvalue weighted by Gasteiger charge is 2.32. The number of hydrogen-bond acceptors (Lipinski definition) is 2. The van der Waals surface area contributed by atoms with E-state index in [1.807, 2.05) is 71.6 Å². The van der Waals surface area contributed by atoms with Crippen molar-refractivity contribution in [2.45, 2.75) is 19.1 Å². The standard InChI is InChI=1S/C27H24ClN3O2/c1-33-23-8-4-6-19(16-23)17-29-27(32)31-18-21-7-2-3-9-24(21)30-15-5-10-25(30)26(31)20-11-13-22(28)14-12-20/h2-16,26H,17-18H2,1H3,(H,29,32)/t26-/m1/s1. The number of rotatable bonds is 4. The van der Waals surface area contributed by atoms with Crippen molar-refractivity contribution in [2.75, 3.05) is 7.11 Å². The molecule has 0 aliphatic carbocycles. The highest BCUT2D eigenvalue weighted by atomic mass is 35.5. The third-order valence-electron chi connectivity index (χ3n) is 5.99. The van der Waals surface area contributed by atoms with Crippen molar-refractivity contribution in [3.8, 4) is 11.4 Å². The van der Waals surface area contributed by atoms with Crippen LogP contribution in [0.5, 0.6) is 5.75 Å². The zero-order chi connectivity index (χ0) is 22.8. The van der Waals surface area contributed by atoms with Gasteiger partial charge in [-0.2, -0.15) is 0 Å². The molecule has 0 fully saturated rings. The summed E-state index contributed by atoms with van der Waals surface area (Å²) in [5.74, 6) is 0.766. The van der Waals surface area contributed by atoms with E-state index >= 15 is 0 Å². The van der Waals surface area contributed by atoms with Gasteiger partial charge in [0.25, 0.3) is 0 Å². The van der Waals surface area contributed by atoms with Crippen LogP contribution in [0.15, 0.2) is 91.1 Å². The van der Waals surface area contributed by atoms with E-state index in [0.29, 0.717) is 18.1 Å². The summed E-state index contributed by atoms with van der Waals surface area (Å²) < 4.78 is 7.48. The third kappa shape index (κ3) is 4.20. The third-order valence-corrected chi connectivity index (χ3v) is 6.24. The fourth-order valence-corrected chi connectivity index (χ4v) is 4.52. The normalized spacial score (nSPS) is 14.7. The lowest BCUT2D eigenvalue weighted by molar-refractivity contribution is 0.180. The number of aromatic nitrogens is 1. The predicted octanol–water partition coefficient (Wildman–Crippen LogP) is 5.95. The van der Waals surface area contributed by atoms with Crippen LogP contribution in [0.3, 0.4) is 0 Å². The molecule has 166 valence electrons. The summed E-state index contributed by atoms with van der Waals surface area (Å²) in [6.07, 6.45) is 2.05. The predicted molar refractivity (Wildman–Crippen MR) is 130 cm³/mol. The first-order valence-corrected chi connectivity index (χ1v) is 11.2. The van der Waals surface area contributed by atoms with E-state index in [2.05, 4.69) is 34.3 Å². The Labute approximate surface area is 198 Å². The molecule has 2 amide bonds. The Kier molecular flexibility index (Phi) is 5.80. The second kappa shape index (κ2) is 9.04. The van der Waals surface area contributed by atoms with E-state index in [1.54, 1.807) is 7.11 Å². The molecule has 4 aromatic rings. The fraction of sp³-hybridized carbons (Fsp3) is 0.148. The highest BCUT2D eigenvalue weighted by molar-refractivity contribution is 6.30. The van der Waals surface area contributed by atoms with E-state index in [0.717, 1.165) is 33.8 Å². The summed E-state index contributed by atoms with van der Waals surface area (Å²) in [4.78, 5) is 15.5. The molecular weight excluding hydrogens is 434 g/mol. The first-order valence-electron chi connectivity index (χ1n) is 10.8. The number of carbonyl (C=O) groups excluding carboxylic acids is 1. The number of ether oxygens (including phenoxy) is 1. The number of para-hydroxylation sites is 1. The summed E-state index contributed by atoms with van der Waals surface area (Å²) in [6, 6.07) is 27.3. The van der Waals surface area contributed by atoms with Crippen LogP contribution in [0.4, 0.5) is 4.79 Å². The molecular formula is C27H24ClN3O2. The molecule has 0 spiro atoms. The van der Waals surface area contributed by atoms with Crippen molar-refractivity contribution in [2.24, 2.45) is 0 Å². The number of amides is 2. The van der Waals surface area contributed by atoms with Gasteiger partial charge in [0.15, 0.2) is 0 Å². The minimum atomic E-state index is -0.269. The van der Waals surface area contributed by atoms with E-state index in [9.17, 15) is 4.79 Å². The first-order chi connectivity index (χ1) is 16.1. The molecule has 33 heavy (non-hydrogen) atoms. The Bertz CT molecular complexity index is 1280. The Balaban J connectivity index is 1.53. The van der Waals surface area contributed by atoms with Gasteiger partial charge in [-0.15, -0.1) is 0 Å². The van der Waals surface area contributed by atoms with E-state index < -0.39 is 0 Å². The van der Waals surface area contributed by atoms with Gasteiger partial charge in [-0.05, 0) is 59.2 Å². The number of nitrogens with one attached hydrogen (secondary N) is 1. The number of hydrogen-bond donors (Lipinski definition) is 1. The summed E-state index contributed by atoms with van der Waals surface area (Å²) in [7, 11) is 1.64. The maximum Gasteiger partial charge on any atom is 0.318 e. The van der Waals surface area contributed by atoms with Crippen molar-refractivity contribution in [1.29, 1.82) is 0 Å². The number of halogens is 1. The van der Waals surface area contributed by atoms with E-state index in [4.69, 9.17) is 16.3 Å². The first kappa shape index (κ1) is 21.2. The zero-order valence-corrected chi connectivity index (χ0v) is 19.0. The molecule has 3 aromatic carbocycles. The fourth-order valence-electron chi connectivity index (χ4n) is 4.40. The van der Waals surface area contributed by atoms with Crippen LogP contribution in [0.1, 0.15) is 28.4 Å². The lowest BCUT2D eigenvalue weighted by Gasteiger charge is -2.31. The van der Waals surface area contributed by atoms with Gasteiger partial charge in [-0.3, -0.25) is 0 Å². The number of benzene rings is 3. The van der Waals surface area contributed by atoms with Crippen LogP contribution in [0.2, 0.25) is 5.02 Å². The second-order valence-corrected chi connectivity index (χ2v) is 8.46. The van der Waals surface area contributed by atoms with Crippen molar-refractivity contribution in [3.63, 3.8) is 0 Å². The minimum Gasteiger partial charge on any atom is -0.497 e. The molecule has 0 bridgehead atoms. The second-order valence-electron chi connectivity index (χ2n) is 8.02. The molecule has 0 unspecified atom stereocenters. The Morgan fingerprint density at radius 2 is 1.85 bits per heavy atom. The maximum atomic E-state index is 13.6. The van der Waals surface area contributed by atoms with Crippen LogP contribution in [-0.4, -0.2) is 22.6 Å². The van der Waals surface area contributed by atoms with Crippen LogP contribution in [0, 0.1) is 0 Å². The Hall–Kier alpha value is -3.70. The van der Waals surface area contributed by atoms with Gasteiger partial charge in [0.05, 0.1) is 25.4 Å². The molecule has 6 heteroatoms. The topological polar surface area (TPSA) is 46.5 Å². The van der Waals surface area contributed by atoms with Gasteiger partial charge in [0, 0.05) is 23.5 Å². The summed E-state index contributed by atoms with van der Waals surface area (Å²) >= 11 is 6.17. The number of methoxy groups -OCH3 is 1. The highest BCUT2D eigenvalue weighted by Crippen LogP contribution is 2.36. The smallest absolute Gasteiger partial charge is 0.318 e. The van der Waals surface area contributed by atoms with E-state index in [-0.39, 0.29) is 12.1 Å². The summed E-state index contributed by atoms with van der Waals surface area (Å²) in [6.45, 7) is 0.887. The Morgan fingerprint density at radius 1 is 1.03 bits per heavy atom. The van der Waals surface area contributed by atoms with Gasteiger partial charge < -0.3 is 19.5 Å². The maximum absolute atomic E-state index is 13.6. The van der Waals surface area contributed by atoms with Crippen molar-refractivity contribution in [3.05, 3.63) is 119 Å². The SMILES string of the molecule is COc1cccc(CNC(=O)N2Cc3ccccc3-n3cccc3[C@H]2c2ccc(Cl)cc2)c1. The van der Waals surface area contributed by atoms with Gasteiger partial charge >= 0.3 is 6.03 Å². The number of carbonyl (C=O) groups is 1. The average Bonchev–Trinajstić information content (AvgIpc) is 3.28. The van der Waals surface area contributed by atoms with Crippen LogP contribution in [0.25, 0.3) is 5.69 Å². The molecule has 1 aliphatic heterocycles. The summed E-state index contributed by atoms with van der Waals surface area (Å²) in [5, 5.41) is 3.78.